The molecule has 0 radical (unpaired) electrons. The van der Waals surface area contributed by atoms with E-state index in [9.17, 15) is 0 Å². The lowest BCUT2D eigenvalue weighted by atomic mass is 9.94. The topological polar surface area (TPSA) is 30.7 Å². The highest BCUT2D eigenvalue weighted by molar-refractivity contribution is 6.30. The summed E-state index contributed by atoms with van der Waals surface area (Å²) in [5, 5.41) is 7.54. The van der Waals surface area contributed by atoms with Gasteiger partial charge in [-0.05, 0) is 75.1 Å². The van der Waals surface area contributed by atoms with E-state index in [-0.39, 0.29) is 0 Å². The fourth-order valence-electron chi connectivity index (χ4n) is 7.62. The van der Waals surface area contributed by atoms with E-state index < -0.39 is 0 Å². The van der Waals surface area contributed by atoms with Crippen molar-refractivity contribution in [1.82, 2.24) is 14.5 Å². The van der Waals surface area contributed by atoms with Crippen molar-refractivity contribution >= 4 is 43.4 Å². The van der Waals surface area contributed by atoms with Crippen molar-refractivity contribution in [3.05, 3.63) is 188 Å². The molecule has 0 aliphatic rings. The Morgan fingerprint density at radius 3 is 1.53 bits per heavy atom. The number of benzene rings is 8. The molecule has 0 aliphatic carbocycles. The molecule has 3 heteroatoms. The average Bonchev–Trinajstić information content (AvgIpc) is 3.56. The fraction of sp³-hybridized carbons (Fsp3) is 0. The SMILES string of the molecule is c1ccc(-c2cc(-c3ccccc3)nc(-c3ccc(-n4c5ccc6ccccc6c5c5c6ccccc6c(-c6ccccc6)cc54)cc3)n2)cc1. The Labute approximate surface area is 295 Å². The van der Waals surface area contributed by atoms with E-state index in [1.165, 1.54) is 54.5 Å². The molecular weight excluding hydrogens is 619 g/mol. The van der Waals surface area contributed by atoms with Gasteiger partial charge in [-0.2, -0.15) is 0 Å². The molecule has 0 atom stereocenters. The van der Waals surface area contributed by atoms with Crippen molar-refractivity contribution in [1.29, 1.82) is 0 Å². The van der Waals surface area contributed by atoms with Crippen molar-refractivity contribution in [3.8, 4) is 50.7 Å². The molecular formula is C48H31N3. The number of rotatable bonds is 5. The summed E-state index contributed by atoms with van der Waals surface area (Å²) in [6, 6.07) is 66.7. The first-order chi connectivity index (χ1) is 25.3. The molecule has 0 spiro atoms. The van der Waals surface area contributed by atoms with Crippen LogP contribution in [0.4, 0.5) is 0 Å². The van der Waals surface area contributed by atoms with Crippen LogP contribution in [0.15, 0.2) is 188 Å². The maximum absolute atomic E-state index is 5.09. The van der Waals surface area contributed by atoms with Gasteiger partial charge in [0.1, 0.15) is 0 Å². The summed E-state index contributed by atoms with van der Waals surface area (Å²) < 4.78 is 2.43. The van der Waals surface area contributed by atoms with Crippen LogP contribution in [-0.4, -0.2) is 14.5 Å². The van der Waals surface area contributed by atoms with E-state index in [4.69, 9.17) is 9.97 Å². The predicted molar refractivity (Wildman–Crippen MR) is 213 cm³/mol. The molecule has 238 valence electrons. The van der Waals surface area contributed by atoms with Crippen LogP contribution in [0.3, 0.4) is 0 Å². The van der Waals surface area contributed by atoms with Crippen LogP contribution in [0.25, 0.3) is 94.1 Å². The highest BCUT2D eigenvalue weighted by Gasteiger charge is 2.20. The zero-order valence-electron chi connectivity index (χ0n) is 27.7. The second-order valence-electron chi connectivity index (χ2n) is 13.0. The first kappa shape index (κ1) is 29.1. The smallest absolute Gasteiger partial charge is 0.160 e. The quantitative estimate of drug-likeness (QED) is 0.186. The second-order valence-corrected chi connectivity index (χ2v) is 13.0. The monoisotopic (exact) mass is 649 g/mol. The van der Waals surface area contributed by atoms with Crippen LogP contribution < -0.4 is 0 Å². The van der Waals surface area contributed by atoms with E-state index in [0.29, 0.717) is 5.82 Å². The lowest BCUT2D eigenvalue weighted by molar-refractivity contribution is 1.16. The lowest BCUT2D eigenvalue weighted by Crippen LogP contribution is -1.97. The van der Waals surface area contributed by atoms with Crippen LogP contribution in [0.5, 0.6) is 0 Å². The molecule has 51 heavy (non-hydrogen) atoms. The fourth-order valence-corrected chi connectivity index (χ4v) is 7.62. The summed E-state index contributed by atoms with van der Waals surface area (Å²) in [5.41, 5.74) is 10.8. The van der Waals surface area contributed by atoms with Gasteiger partial charge in [0.15, 0.2) is 5.82 Å². The van der Waals surface area contributed by atoms with Crippen LogP contribution >= 0.6 is 0 Å². The van der Waals surface area contributed by atoms with Crippen molar-refractivity contribution in [2.75, 3.05) is 0 Å². The Balaban J connectivity index is 1.21. The third-order valence-electron chi connectivity index (χ3n) is 10.00. The number of aromatic nitrogens is 3. The minimum Gasteiger partial charge on any atom is -0.309 e. The third-order valence-corrected chi connectivity index (χ3v) is 10.00. The molecule has 2 heterocycles. The first-order valence-electron chi connectivity index (χ1n) is 17.3. The molecule has 3 nitrogen and oxygen atoms in total. The van der Waals surface area contributed by atoms with Crippen LogP contribution in [0.1, 0.15) is 0 Å². The zero-order valence-corrected chi connectivity index (χ0v) is 27.7. The van der Waals surface area contributed by atoms with E-state index in [0.717, 1.165) is 33.8 Å². The second kappa shape index (κ2) is 11.9. The molecule has 0 bridgehead atoms. The van der Waals surface area contributed by atoms with Gasteiger partial charge in [0.25, 0.3) is 0 Å². The van der Waals surface area contributed by atoms with Gasteiger partial charge in [0.2, 0.25) is 0 Å². The molecule has 2 aromatic heterocycles. The van der Waals surface area contributed by atoms with E-state index >= 15 is 0 Å². The van der Waals surface area contributed by atoms with Gasteiger partial charge in [0.05, 0.1) is 22.4 Å². The lowest BCUT2D eigenvalue weighted by Gasteiger charge is -2.13. The standard InChI is InChI=1S/C48H31N3/c1-4-14-32(15-5-1)41-30-45-47(40-23-13-12-22-39(40)41)46-38-21-11-10-16-33(38)26-29-44(46)51(45)37-27-24-36(25-28-37)48-49-42(34-17-6-2-7-18-34)31-43(50-48)35-19-8-3-9-20-35/h1-31H. The summed E-state index contributed by atoms with van der Waals surface area (Å²) in [4.78, 5) is 10.2. The van der Waals surface area contributed by atoms with Crippen molar-refractivity contribution in [3.63, 3.8) is 0 Å². The van der Waals surface area contributed by atoms with Crippen LogP contribution in [0.2, 0.25) is 0 Å². The Hall–Kier alpha value is -6.84. The van der Waals surface area contributed by atoms with E-state index in [2.05, 4.69) is 180 Å². The summed E-state index contributed by atoms with van der Waals surface area (Å²) in [5.74, 6) is 0.701. The van der Waals surface area contributed by atoms with Crippen molar-refractivity contribution in [2.24, 2.45) is 0 Å². The van der Waals surface area contributed by atoms with Gasteiger partial charge in [-0.25, -0.2) is 9.97 Å². The number of nitrogens with zero attached hydrogens (tertiary/aromatic N) is 3. The largest absolute Gasteiger partial charge is 0.309 e. The molecule has 0 N–H and O–H groups in total. The van der Waals surface area contributed by atoms with Crippen molar-refractivity contribution in [2.45, 2.75) is 0 Å². The summed E-state index contributed by atoms with van der Waals surface area (Å²) in [6.45, 7) is 0. The Kier molecular flexibility index (Phi) is 6.81. The molecule has 0 aliphatic heterocycles. The summed E-state index contributed by atoms with van der Waals surface area (Å²) in [6.07, 6.45) is 0. The van der Waals surface area contributed by atoms with E-state index in [1.807, 2.05) is 12.1 Å². The van der Waals surface area contributed by atoms with Gasteiger partial charge in [-0.15, -0.1) is 0 Å². The summed E-state index contributed by atoms with van der Waals surface area (Å²) >= 11 is 0. The molecule has 0 unspecified atom stereocenters. The normalized spacial score (nSPS) is 11.5. The number of hydrogen-bond acceptors (Lipinski definition) is 2. The molecule has 10 aromatic rings. The first-order valence-corrected chi connectivity index (χ1v) is 17.3. The predicted octanol–water partition coefficient (Wildman–Crippen LogP) is 12.5. The maximum atomic E-state index is 5.09. The Bertz CT molecular complexity index is 2820. The molecule has 0 amide bonds. The van der Waals surface area contributed by atoms with Gasteiger partial charge >= 0.3 is 0 Å². The Morgan fingerprint density at radius 2 is 0.882 bits per heavy atom. The highest BCUT2D eigenvalue weighted by Crippen LogP contribution is 2.44. The average molecular weight is 650 g/mol. The van der Waals surface area contributed by atoms with Crippen molar-refractivity contribution < 1.29 is 0 Å². The third kappa shape index (κ3) is 4.90. The number of hydrogen-bond donors (Lipinski definition) is 0. The van der Waals surface area contributed by atoms with Gasteiger partial charge in [-0.1, -0.05) is 146 Å². The van der Waals surface area contributed by atoms with Gasteiger partial charge < -0.3 is 4.57 Å². The molecule has 10 rings (SSSR count). The maximum Gasteiger partial charge on any atom is 0.160 e. The minimum atomic E-state index is 0.701. The van der Waals surface area contributed by atoms with Crippen LogP contribution in [-0.2, 0) is 0 Å². The van der Waals surface area contributed by atoms with Crippen LogP contribution in [0, 0.1) is 0 Å². The number of fused-ring (bicyclic) bond motifs is 7. The zero-order chi connectivity index (χ0) is 33.7. The van der Waals surface area contributed by atoms with E-state index in [1.54, 1.807) is 0 Å². The Morgan fingerprint density at radius 1 is 0.353 bits per heavy atom. The molecule has 0 fully saturated rings. The molecule has 8 aromatic carbocycles. The summed E-state index contributed by atoms with van der Waals surface area (Å²) in [7, 11) is 0. The van der Waals surface area contributed by atoms with Gasteiger partial charge in [0, 0.05) is 33.2 Å². The highest BCUT2D eigenvalue weighted by atomic mass is 15.0. The minimum absolute atomic E-state index is 0.701. The van der Waals surface area contributed by atoms with Gasteiger partial charge in [-0.3, -0.25) is 0 Å². The molecule has 0 saturated heterocycles. The molecule has 0 saturated carbocycles.